The minimum absolute atomic E-state index is 0.0466. The Morgan fingerprint density at radius 2 is 1.90 bits per heavy atom. The number of benzene rings is 2. The van der Waals surface area contributed by atoms with E-state index >= 15 is 0 Å². The van der Waals surface area contributed by atoms with E-state index in [1.165, 1.54) is 5.56 Å². The van der Waals surface area contributed by atoms with Gasteiger partial charge in [-0.05, 0) is 37.5 Å². The summed E-state index contributed by atoms with van der Waals surface area (Å²) in [5.41, 5.74) is 2.00. The van der Waals surface area contributed by atoms with Crippen LogP contribution in [0.3, 0.4) is 0 Å². The number of ether oxygens (including phenoxy) is 2. The number of amides is 3. The normalized spacial score (nSPS) is 16.2. The van der Waals surface area contributed by atoms with Gasteiger partial charge in [-0.2, -0.15) is 0 Å². The molecule has 7 heteroatoms. The number of fused-ring (bicyclic) bond motifs is 1. The highest BCUT2D eigenvalue weighted by Gasteiger charge is 2.31. The fourth-order valence-corrected chi connectivity index (χ4v) is 3.62. The van der Waals surface area contributed by atoms with Crippen LogP contribution in [0.1, 0.15) is 18.9 Å². The average Bonchev–Trinajstić information content (AvgIpc) is 3.33. The predicted molar refractivity (Wildman–Crippen MR) is 109 cm³/mol. The Morgan fingerprint density at radius 1 is 1.10 bits per heavy atom. The molecule has 1 N–H and O–H groups in total. The SMILES string of the molecule is CC(CCc1ccccc1)NC(=O)CN1CCN(c2ccc3c(c2)OCO3)C1=O. The molecule has 7 nitrogen and oxygen atoms in total. The Bertz CT molecular complexity index is 887. The maximum atomic E-state index is 12.7. The number of hydrogen-bond acceptors (Lipinski definition) is 4. The van der Waals surface area contributed by atoms with Crippen molar-refractivity contribution in [2.75, 3.05) is 31.3 Å². The maximum Gasteiger partial charge on any atom is 0.325 e. The third-order valence-electron chi connectivity index (χ3n) is 5.21. The molecular formula is C22H25N3O4. The summed E-state index contributed by atoms with van der Waals surface area (Å²) in [4.78, 5) is 28.4. The summed E-state index contributed by atoms with van der Waals surface area (Å²) in [6, 6.07) is 15.5. The second-order valence-electron chi connectivity index (χ2n) is 7.39. The maximum absolute atomic E-state index is 12.7. The first-order chi connectivity index (χ1) is 14.1. The lowest BCUT2D eigenvalue weighted by Crippen LogP contribution is -2.42. The molecule has 0 saturated carbocycles. The van der Waals surface area contributed by atoms with E-state index in [4.69, 9.17) is 9.47 Å². The topological polar surface area (TPSA) is 71.1 Å². The third kappa shape index (κ3) is 4.45. The zero-order valence-corrected chi connectivity index (χ0v) is 16.5. The third-order valence-corrected chi connectivity index (χ3v) is 5.21. The molecular weight excluding hydrogens is 370 g/mol. The largest absolute Gasteiger partial charge is 0.454 e. The minimum atomic E-state index is -0.170. The lowest BCUT2D eigenvalue weighted by Gasteiger charge is -2.20. The van der Waals surface area contributed by atoms with E-state index in [9.17, 15) is 9.59 Å². The van der Waals surface area contributed by atoms with Crippen LogP contribution < -0.4 is 19.7 Å². The molecule has 0 aromatic heterocycles. The zero-order valence-electron chi connectivity index (χ0n) is 16.5. The molecule has 0 radical (unpaired) electrons. The van der Waals surface area contributed by atoms with E-state index in [1.54, 1.807) is 21.9 Å². The van der Waals surface area contributed by atoms with E-state index in [0.717, 1.165) is 18.5 Å². The van der Waals surface area contributed by atoms with Crippen molar-refractivity contribution in [1.82, 2.24) is 10.2 Å². The van der Waals surface area contributed by atoms with Gasteiger partial charge in [0.15, 0.2) is 11.5 Å². The van der Waals surface area contributed by atoms with Crippen LogP contribution >= 0.6 is 0 Å². The Kier molecular flexibility index (Phi) is 5.55. The Balaban J connectivity index is 1.27. The lowest BCUT2D eigenvalue weighted by molar-refractivity contribution is -0.122. The molecule has 0 bridgehead atoms. The average molecular weight is 395 g/mol. The number of urea groups is 1. The van der Waals surface area contributed by atoms with Crippen LogP contribution in [0.4, 0.5) is 10.5 Å². The van der Waals surface area contributed by atoms with Gasteiger partial charge in [0, 0.05) is 30.9 Å². The summed E-state index contributed by atoms with van der Waals surface area (Å²) in [5.74, 6) is 1.19. The Hall–Kier alpha value is -3.22. The molecule has 2 aliphatic heterocycles. The Morgan fingerprint density at radius 3 is 2.72 bits per heavy atom. The van der Waals surface area contributed by atoms with Crippen molar-refractivity contribution in [3.8, 4) is 11.5 Å². The smallest absolute Gasteiger partial charge is 0.325 e. The number of nitrogens with zero attached hydrogens (tertiary/aromatic N) is 2. The molecule has 2 heterocycles. The molecule has 2 aromatic carbocycles. The molecule has 0 aliphatic carbocycles. The fraction of sp³-hybridized carbons (Fsp3) is 0.364. The van der Waals surface area contributed by atoms with Crippen LogP contribution in [0.5, 0.6) is 11.5 Å². The van der Waals surface area contributed by atoms with E-state index in [2.05, 4.69) is 17.4 Å². The van der Waals surface area contributed by atoms with Gasteiger partial charge in [0.2, 0.25) is 12.7 Å². The van der Waals surface area contributed by atoms with Crippen LogP contribution in [0.2, 0.25) is 0 Å². The van der Waals surface area contributed by atoms with Crippen molar-refractivity contribution in [3.63, 3.8) is 0 Å². The zero-order chi connectivity index (χ0) is 20.2. The number of aryl methyl sites for hydroxylation is 1. The quantitative estimate of drug-likeness (QED) is 0.783. The first-order valence-corrected chi connectivity index (χ1v) is 9.89. The summed E-state index contributed by atoms with van der Waals surface area (Å²) in [5, 5.41) is 3.00. The number of anilines is 1. The number of carbonyl (C=O) groups is 2. The van der Waals surface area contributed by atoms with Crippen LogP contribution in [-0.2, 0) is 11.2 Å². The summed E-state index contributed by atoms with van der Waals surface area (Å²) < 4.78 is 10.7. The molecule has 0 spiro atoms. The van der Waals surface area contributed by atoms with Gasteiger partial charge in [-0.25, -0.2) is 4.79 Å². The molecule has 1 unspecified atom stereocenters. The van der Waals surface area contributed by atoms with Crippen LogP contribution in [0.15, 0.2) is 48.5 Å². The Labute approximate surface area is 170 Å². The molecule has 4 rings (SSSR count). The highest BCUT2D eigenvalue weighted by molar-refractivity contribution is 5.96. The van der Waals surface area contributed by atoms with Gasteiger partial charge >= 0.3 is 6.03 Å². The van der Waals surface area contributed by atoms with Crippen LogP contribution in [0.25, 0.3) is 0 Å². The van der Waals surface area contributed by atoms with Gasteiger partial charge in [0.1, 0.15) is 6.54 Å². The van der Waals surface area contributed by atoms with Gasteiger partial charge < -0.3 is 19.7 Å². The predicted octanol–water partition coefficient (Wildman–Crippen LogP) is 2.79. The highest BCUT2D eigenvalue weighted by atomic mass is 16.7. The van der Waals surface area contributed by atoms with Crippen molar-refractivity contribution in [2.45, 2.75) is 25.8 Å². The van der Waals surface area contributed by atoms with E-state index < -0.39 is 0 Å². The number of nitrogens with one attached hydrogen (secondary N) is 1. The number of hydrogen-bond donors (Lipinski definition) is 1. The van der Waals surface area contributed by atoms with E-state index in [0.29, 0.717) is 24.6 Å². The van der Waals surface area contributed by atoms with Crippen molar-refractivity contribution < 1.29 is 19.1 Å². The van der Waals surface area contributed by atoms with Crippen LogP contribution in [0, 0.1) is 0 Å². The van der Waals surface area contributed by atoms with Gasteiger partial charge in [-0.15, -0.1) is 0 Å². The first-order valence-electron chi connectivity index (χ1n) is 9.89. The van der Waals surface area contributed by atoms with E-state index in [-0.39, 0.29) is 31.3 Å². The van der Waals surface area contributed by atoms with Crippen molar-refractivity contribution in [1.29, 1.82) is 0 Å². The van der Waals surface area contributed by atoms with Gasteiger partial charge in [0.05, 0.1) is 0 Å². The monoisotopic (exact) mass is 395 g/mol. The standard InChI is InChI=1S/C22H25N3O4/c1-16(7-8-17-5-3-2-4-6-17)23-21(26)14-24-11-12-25(22(24)27)18-9-10-19-20(13-18)29-15-28-19/h2-6,9-10,13,16H,7-8,11-12,14-15H2,1H3,(H,23,26). The van der Waals surface area contributed by atoms with Crippen molar-refractivity contribution in [2.24, 2.45) is 0 Å². The summed E-state index contributed by atoms with van der Waals surface area (Å²) in [7, 11) is 0. The molecule has 152 valence electrons. The minimum Gasteiger partial charge on any atom is -0.454 e. The molecule has 29 heavy (non-hydrogen) atoms. The first kappa shape index (κ1) is 19.1. The van der Waals surface area contributed by atoms with Crippen molar-refractivity contribution >= 4 is 17.6 Å². The van der Waals surface area contributed by atoms with Gasteiger partial charge in [-0.3, -0.25) is 9.69 Å². The molecule has 1 fully saturated rings. The van der Waals surface area contributed by atoms with Crippen LogP contribution in [-0.4, -0.2) is 49.3 Å². The number of rotatable bonds is 7. The molecule has 1 atom stereocenters. The lowest BCUT2D eigenvalue weighted by atomic mass is 10.1. The summed E-state index contributed by atoms with van der Waals surface area (Å²) in [6.45, 7) is 3.30. The fourth-order valence-electron chi connectivity index (χ4n) is 3.62. The highest BCUT2D eigenvalue weighted by Crippen LogP contribution is 2.36. The summed E-state index contributed by atoms with van der Waals surface area (Å²) >= 11 is 0. The van der Waals surface area contributed by atoms with Gasteiger partial charge in [-0.1, -0.05) is 30.3 Å². The molecule has 1 saturated heterocycles. The molecule has 3 amide bonds. The van der Waals surface area contributed by atoms with Crippen molar-refractivity contribution in [3.05, 3.63) is 54.1 Å². The second-order valence-corrected chi connectivity index (χ2v) is 7.39. The van der Waals surface area contributed by atoms with Gasteiger partial charge in [0.25, 0.3) is 0 Å². The summed E-state index contributed by atoms with van der Waals surface area (Å²) in [6.07, 6.45) is 1.76. The molecule has 2 aromatic rings. The second kappa shape index (κ2) is 8.43. The van der Waals surface area contributed by atoms with E-state index in [1.807, 2.05) is 31.2 Å². The number of carbonyl (C=O) groups excluding carboxylic acids is 2. The molecule has 2 aliphatic rings.